The molecule has 6 atom stereocenters. The number of rotatable bonds is 8. The van der Waals surface area contributed by atoms with Crippen LogP contribution in [0.1, 0.15) is 27.0 Å². The highest BCUT2D eigenvalue weighted by atomic mass is 31.1. The lowest BCUT2D eigenvalue weighted by Gasteiger charge is -2.29. The van der Waals surface area contributed by atoms with Gasteiger partial charge in [0.1, 0.15) is 40.1 Å². The van der Waals surface area contributed by atoms with E-state index in [1.165, 1.54) is 6.92 Å². The zero-order chi connectivity index (χ0) is 24.4. The Kier molecular flexibility index (Phi) is 7.80. The smallest absolute Gasteiger partial charge is 0.462 e. The number of ether oxygens (including phenoxy) is 2. The van der Waals surface area contributed by atoms with E-state index in [-0.39, 0.29) is 0 Å². The fourth-order valence-corrected chi connectivity index (χ4v) is 3.59. The molecule has 2 heterocycles. The van der Waals surface area contributed by atoms with E-state index in [2.05, 4.69) is 10.2 Å². The third-order valence-electron chi connectivity index (χ3n) is 4.22. The highest BCUT2D eigenvalue weighted by Crippen LogP contribution is 2.44. The molecule has 12 nitrogen and oxygen atoms in total. The number of aromatic nitrogens is 3. The molecule has 0 aromatic carbocycles. The molecule has 32 heavy (non-hydrogen) atoms. The number of esters is 1. The number of carbonyl (C=O) groups excluding carboxylic acids is 1. The van der Waals surface area contributed by atoms with Crippen LogP contribution in [0.5, 0.6) is 0 Å². The Bertz CT molecular complexity index is 1040. The molecule has 3 N–H and O–H groups in total. The van der Waals surface area contributed by atoms with Crippen molar-refractivity contribution >= 4 is 29.8 Å². The summed E-state index contributed by atoms with van der Waals surface area (Å²) >= 11 is 0. The lowest BCUT2D eigenvalue weighted by Crippen LogP contribution is -2.53. The summed E-state index contributed by atoms with van der Waals surface area (Å²) in [5.41, 5.74) is -5.17. The third kappa shape index (κ3) is 5.33. The fraction of sp³-hybridized carbons (Fsp3) is 0.625. The van der Waals surface area contributed by atoms with E-state index >= 15 is 4.39 Å². The van der Waals surface area contributed by atoms with Gasteiger partial charge in [-0.05, 0) is 25.3 Å². The zero-order valence-corrected chi connectivity index (χ0v) is 18.1. The van der Waals surface area contributed by atoms with Crippen molar-refractivity contribution in [3.8, 4) is 12.3 Å². The number of nitrogens with one attached hydrogen (secondary N) is 2. The molecule has 1 aliphatic heterocycles. The first-order chi connectivity index (χ1) is 14.7. The number of nitrogens with zero attached hydrogens (tertiary/aromatic N) is 2. The molecule has 0 spiro atoms. The third-order valence-corrected chi connectivity index (χ3v) is 5.30. The Morgan fingerprint density at radius 2 is 2.16 bits per heavy atom. The van der Waals surface area contributed by atoms with Crippen molar-refractivity contribution in [1.29, 1.82) is 0 Å². The van der Waals surface area contributed by atoms with Gasteiger partial charge < -0.3 is 14.6 Å². The van der Waals surface area contributed by atoms with Crippen molar-refractivity contribution < 1.29 is 32.9 Å². The van der Waals surface area contributed by atoms with Crippen LogP contribution in [0.25, 0.3) is 0 Å². The molecule has 16 heteroatoms. The average Bonchev–Trinajstić information content (AvgIpc) is 2.93. The number of aliphatic hydroxyl groups excluding tert-OH is 1. The number of aromatic amines is 1. The number of halogens is 1. The predicted molar refractivity (Wildman–Crippen MR) is 108 cm³/mol. The number of carbonyl (C=O) groups is 1. The molecule has 1 aromatic rings. The molecule has 0 amide bonds. The second-order valence-electron chi connectivity index (χ2n) is 7.19. The van der Waals surface area contributed by atoms with Crippen molar-refractivity contribution in [2.75, 3.05) is 0 Å². The number of aliphatic hydroxyl groups is 1. The number of alkyl halides is 1. The Morgan fingerprint density at radius 1 is 1.53 bits per heavy atom. The van der Waals surface area contributed by atoms with Crippen LogP contribution in [-0.4, -0.2) is 77.0 Å². The van der Waals surface area contributed by atoms with Gasteiger partial charge in [-0.3, -0.25) is 14.6 Å². The molecular formula is C16H19B2FN4O8P+. The summed E-state index contributed by atoms with van der Waals surface area (Å²) in [4.78, 5) is 36.8. The maximum absolute atomic E-state index is 15.4. The van der Waals surface area contributed by atoms with Crippen molar-refractivity contribution in [2.24, 2.45) is 0 Å². The van der Waals surface area contributed by atoms with Crippen LogP contribution in [0, 0.1) is 12.3 Å². The number of H-pyrrole nitrogens is 1. The van der Waals surface area contributed by atoms with Crippen LogP contribution in [0.15, 0.2) is 15.8 Å². The summed E-state index contributed by atoms with van der Waals surface area (Å²) in [6.07, 6.45) is -0.911. The minimum atomic E-state index is -3.10. The molecule has 2 rings (SSSR count). The first kappa shape index (κ1) is 25.9. The maximum atomic E-state index is 15.4. The van der Waals surface area contributed by atoms with Gasteiger partial charge in [-0.1, -0.05) is 11.0 Å². The van der Waals surface area contributed by atoms with Gasteiger partial charge in [-0.25, -0.2) is 9.18 Å². The molecule has 4 radical (unpaired) electrons. The van der Waals surface area contributed by atoms with Crippen molar-refractivity contribution in [3.63, 3.8) is 0 Å². The summed E-state index contributed by atoms with van der Waals surface area (Å²) in [5, 5.41) is 13.5. The lowest BCUT2D eigenvalue weighted by atomic mass is 9.60. The summed E-state index contributed by atoms with van der Waals surface area (Å²) in [6.45, 7) is 4.54. The molecule has 0 bridgehead atoms. The minimum Gasteiger partial charge on any atom is -0.462 e. The molecule has 1 aromatic heterocycles. The topological polar surface area (TPSA) is 162 Å². The van der Waals surface area contributed by atoms with Gasteiger partial charge in [0.2, 0.25) is 11.9 Å². The van der Waals surface area contributed by atoms with E-state index in [1.807, 2.05) is 4.98 Å². The average molecular weight is 467 g/mol. The van der Waals surface area contributed by atoms with E-state index in [1.54, 1.807) is 19.8 Å². The van der Waals surface area contributed by atoms with Gasteiger partial charge >= 0.3 is 19.8 Å². The van der Waals surface area contributed by atoms with Gasteiger partial charge in [0.05, 0.1) is 11.5 Å². The SMILES string of the molecule is [B]C([B])(O[P+](=O)N[C@@H](C)C(=O)OC(C)C)C1O[C@@H](n2ncc(=O)[nH]c2=O)C(F)(C#C)[C@H]1O. The van der Waals surface area contributed by atoms with Gasteiger partial charge in [-0.2, -0.15) is 9.78 Å². The summed E-state index contributed by atoms with van der Waals surface area (Å²) in [7, 11) is 8.55. The first-order valence-corrected chi connectivity index (χ1v) is 10.3. The predicted octanol–water partition coefficient (Wildman–Crippen LogP) is -1.87. The van der Waals surface area contributed by atoms with Gasteiger partial charge in [-0.15, -0.1) is 10.9 Å². The van der Waals surface area contributed by atoms with Crippen LogP contribution < -0.4 is 16.3 Å². The van der Waals surface area contributed by atoms with Gasteiger partial charge in [0, 0.05) is 0 Å². The van der Waals surface area contributed by atoms with Crippen LogP contribution in [0.2, 0.25) is 0 Å². The monoisotopic (exact) mass is 467 g/mol. The molecule has 0 saturated carbocycles. The number of hydrogen-bond donors (Lipinski definition) is 3. The number of terminal acetylenes is 1. The largest absolute Gasteiger partial charge is 0.612 e. The second-order valence-corrected chi connectivity index (χ2v) is 8.14. The summed E-state index contributed by atoms with van der Waals surface area (Å²) in [5.74, 6) is 0.904. The van der Waals surface area contributed by atoms with E-state index in [0.717, 1.165) is 0 Å². The Balaban J connectivity index is 2.23. The summed E-state index contributed by atoms with van der Waals surface area (Å²) < 4.78 is 43.1. The summed E-state index contributed by atoms with van der Waals surface area (Å²) in [6, 6.07) is -1.10. The highest BCUT2D eigenvalue weighted by Gasteiger charge is 2.63. The zero-order valence-electron chi connectivity index (χ0n) is 17.2. The fourth-order valence-electron chi connectivity index (χ4n) is 2.72. The molecule has 1 fully saturated rings. The van der Waals surface area contributed by atoms with E-state index in [4.69, 9.17) is 36.1 Å². The van der Waals surface area contributed by atoms with E-state index in [0.29, 0.717) is 10.9 Å². The van der Waals surface area contributed by atoms with Crippen LogP contribution in [0.3, 0.4) is 0 Å². The maximum Gasteiger partial charge on any atom is 0.612 e. The first-order valence-electron chi connectivity index (χ1n) is 9.12. The highest BCUT2D eigenvalue weighted by molar-refractivity contribution is 7.37. The van der Waals surface area contributed by atoms with Crippen molar-refractivity contribution in [3.05, 3.63) is 27.0 Å². The molecule has 1 saturated heterocycles. The molecule has 1 aliphatic rings. The molecule has 3 unspecified atom stereocenters. The van der Waals surface area contributed by atoms with Gasteiger partial charge in [0.15, 0.2) is 0 Å². The van der Waals surface area contributed by atoms with Crippen molar-refractivity contribution in [1.82, 2.24) is 19.9 Å². The second kappa shape index (κ2) is 9.64. The Hall–Kier alpha value is -2.36. The van der Waals surface area contributed by atoms with E-state index < -0.39 is 67.0 Å². The standard InChI is InChI=1S/C16H18B2FN4O8P/c1-5-15(19)10(25)11(30-13(15)23-14(27)21-9(24)6-20-23)16(17,18)31-32(28)22-8(4)12(26)29-7(2)3/h1,6-8,10-11,13,25H,2-4H3,(H-,21,22,24,27,28)/p+1/t8-,10-,11?,13+,15?/m0/s1. The quantitative estimate of drug-likeness (QED) is 0.171. The van der Waals surface area contributed by atoms with Crippen LogP contribution >= 0.6 is 8.18 Å². The number of hydrogen-bond acceptors (Lipinski definition) is 9. The van der Waals surface area contributed by atoms with E-state index in [9.17, 15) is 24.1 Å². The van der Waals surface area contributed by atoms with Crippen LogP contribution in [0.4, 0.5) is 4.39 Å². The van der Waals surface area contributed by atoms with Crippen LogP contribution in [-0.2, 0) is 23.4 Å². The Labute approximate surface area is 184 Å². The Morgan fingerprint density at radius 3 is 2.69 bits per heavy atom. The van der Waals surface area contributed by atoms with Gasteiger partial charge in [0.25, 0.3) is 5.56 Å². The molecule has 0 aliphatic carbocycles. The normalized spacial score (nSPS) is 27.0. The molecular weight excluding hydrogens is 448 g/mol. The van der Waals surface area contributed by atoms with Crippen molar-refractivity contribution in [2.45, 2.75) is 62.4 Å². The molecule has 168 valence electrons. The lowest BCUT2D eigenvalue weighted by molar-refractivity contribution is -0.149. The minimum absolute atomic E-state index is 0.336.